The van der Waals surface area contributed by atoms with Gasteiger partial charge in [-0.15, -0.1) is 0 Å². The van der Waals surface area contributed by atoms with Gasteiger partial charge in [-0.25, -0.2) is 0 Å². The van der Waals surface area contributed by atoms with Gasteiger partial charge in [0, 0.05) is 6.42 Å². The standard InChI is InChI=1S/C11H16N2O3/c12-11(13-15)5-2-6-16-10-4-1-3-9(7-10)8-14/h1,3-4,7,14-15H,2,5-6,8H2,(H2,12,13). The lowest BCUT2D eigenvalue weighted by Crippen LogP contribution is -2.12. The Morgan fingerprint density at radius 1 is 1.44 bits per heavy atom. The third kappa shape index (κ3) is 4.18. The van der Waals surface area contributed by atoms with Crippen molar-refractivity contribution >= 4 is 5.84 Å². The second-order valence-corrected chi connectivity index (χ2v) is 3.35. The molecule has 0 heterocycles. The first kappa shape index (κ1) is 12.3. The van der Waals surface area contributed by atoms with Crippen LogP contribution >= 0.6 is 0 Å². The summed E-state index contributed by atoms with van der Waals surface area (Å²) < 4.78 is 5.44. The first-order valence-corrected chi connectivity index (χ1v) is 5.05. The van der Waals surface area contributed by atoms with Crippen LogP contribution in [0.5, 0.6) is 5.75 Å². The van der Waals surface area contributed by atoms with E-state index in [-0.39, 0.29) is 12.4 Å². The number of aliphatic hydroxyl groups is 1. The second kappa shape index (κ2) is 6.68. The first-order valence-electron chi connectivity index (χ1n) is 5.05. The zero-order chi connectivity index (χ0) is 11.8. The van der Waals surface area contributed by atoms with Crippen molar-refractivity contribution in [1.29, 1.82) is 0 Å². The van der Waals surface area contributed by atoms with Gasteiger partial charge >= 0.3 is 0 Å². The van der Waals surface area contributed by atoms with Gasteiger partial charge in [0.05, 0.1) is 13.2 Å². The lowest BCUT2D eigenvalue weighted by molar-refractivity contribution is 0.278. The molecule has 0 saturated heterocycles. The Morgan fingerprint density at radius 2 is 2.25 bits per heavy atom. The highest BCUT2D eigenvalue weighted by Gasteiger charge is 1.97. The van der Waals surface area contributed by atoms with Gasteiger partial charge in [0.15, 0.2) is 0 Å². The molecule has 1 aromatic rings. The first-order chi connectivity index (χ1) is 7.76. The Balaban J connectivity index is 2.31. The van der Waals surface area contributed by atoms with E-state index in [2.05, 4.69) is 5.16 Å². The van der Waals surface area contributed by atoms with Crippen LogP contribution in [0.25, 0.3) is 0 Å². The smallest absolute Gasteiger partial charge is 0.139 e. The molecule has 0 aliphatic carbocycles. The third-order valence-electron chi connectivity index (χ3n) is 2.06. The van der Waals surface area contributed by atoms with Gasteiger partial charge in [-0.1, -0.05) is 17.3 Å². The van der Waals surface area contributed by atoms with E-state index in [0.29, 0.717) is 25.2 Å². The van der Waals surface area contributed by atoms with Crippen molar-refractivity contribution in [3.63, 3.8) is 0 Å². The summed E-state index contributed by atoms with van der Waals surface area (Å²) >= 11 is 0. The molecule has 0 saturated carbocycles. The molecule has 4 N–H and O–H groups in total. The second-order valence-electron chi connectivity index (χ2n) is 3.35. The van der Waals surface area contributed by atoms with Crippen LogP contribution in [0, 0.1) is 0 Å². The molecule has 0 atom stereocenters. The van der Waals surface area contributed by atoms with Crippen molar-refractivity contribution in [3.05, 3.63) is 29.8 Å². The van der Waals surface area contributed by atoms with Gasteiger partial charge in [-0.2, -0.15) is 0 Å². The average Bonchev–Trinajstić information content (AvgIpc) is 2.34. The molecule has 5 heteroatoms. The van der Waals surface area contributed by atoms with Crippen LogP contribution in [0.1, 0.15) is 18.4 Å². The van der Waals surface area contributed by atoms with Crippen LogP contribution in [-0.2, 0) is 6.61 Å². The van der Waals surface area contributed by atoms with E-state index in [1.165, 1.54) is 0 Å². The number of hydrogen-bond acceptors (Lipinski definition) is 4. The highest BCUT2D eigenvalue weighted by atomic mass is 16.5. The maximum atomic E-state index is 8.92. The van der Waals surface area contributed by atoms with Crippen LogP contribution in [-0.4, -0.2) is 22.8 Å². The molecule has 0 aliphatic heterocycles. The lowest BCUT2D eigenvalue weighted by atomic mass is 10.2. The fraction of sp³-hybridized carbons (Fsp3) is 0.364. The summed E-state index contributed by atoms with van der Waals surface area (Å²) in [4.78, 5) is 0. The number of rotatable bonds is 6. The molecule has 0 spiro atoms. The average molecular weight is 224 g/mol. The number of aliphatic hydroxyl groups excluding tert-OH is 1. The number of oxime groups is 1. The zero-order valence-electron chi connectivity index (χ0n) is 8.97. The van der Waals surface area contributed by atoms with Gasteiger partial charge in [0.25, 0.3) is 0 Å². The molecule has 16 heavy (non-hydrogen) atoms. The van der Waals surface area contributed by atoms with E-state index in [1.54, 1.807) is 6.07 Å². The van der Waals surface area contributed by atoms with E-state index >= 15 is 0 Å². The third-order valence-corrected chi connectivity index (χ3v) is 2.06. The molecule has 0 fully saturated rings. The molecule has 0 aliphatic rings. The molecule has 1 aromatic carbocycles. The molecule has 0 radical (unpaired) electrons. The van der Waals surface area contributed by atoms with Crippen molar-refractivity contribution in [1.82, 2.24) is 0 Å². The highest BCUT2D eigenvalue weighted by Crippen LogP contribution is 2.13. The van der Waals surface area contributed by atoms with Crippen molar-refractivity contribution in [2.45, 2.75) is 19.4 Å². The van der Waals surface area contributed by atoms with E-state index in [4.69, 9.17) is 20.8 Å². The number of nitrogens with two attached hydrogens (primary N) is 1. The minimum Gasteiger partial charge on any atom is -0.494 e. The quantitative estimate of drug-likeness (QED) is 0.222. The van der Waals surface area contributed by atoms with E-state index < -0.39 is 0 Å². The lowest BCUT2D eigenvalue weighted by Gasteiger charge is -2.06. The molecule has 0 bridgehead atoms. The Kier molecular flexibility index (Phi) is 5.15. The fourth-order valence-electron chi connectivity index (χ4n) is 1.23. The molecular formula is C11H16N2O3. The number of amidine groups is 1. The van der Waals surface area contributed by atoms with Gasteiger partial charge in [-0.05, 0) is 24.1 Å². The summed E-state index contributed by atoms with van der Waals surface area (Å²) in [6.45, 7) is 0.492. The molecule has 88 valence electrons. The van der Waals surface area contributed by atoms with Crippen molar-refractivity contribution < 1.29 is 15.1 Å². The van der Waals surface area contributed by atoms with E-state index in [1.807, 2.05) is 18.2 Å². The number of ether oxygens (including phenoxy) is 1. The number of benzene rings is 1. The topological polar surface area (TPSA) is 88.1 Å². The van der Waals surface area contributed by atoms with E-state index in [0.717, 1.165) is 5.56 Å². The van der Waals surface area contributed by atoms with Crippen molar-refractivity contribution in [3.8, 4) is 5.75 Å². The Labute approximate surface area is 94.1 Å². The number of nitrogens with zero attached hydrogens (tertiary/aromatic N) is 1. The van der Waals surface area contributed by atoms with Crippen LogP contribution in [0.3, 0.4) is 0 Å². The number of hydrogen-bond donors (Lipinski definition) is 3. The maximum absolute atomic E-state index is 8.92. The highest BCUT2D eigenvalue weighted by molar-refractivity contribution is 5.79. The summed E-state index contributed by atoms with van der Waals surface area (Å²) in [5.74, 6) is 0.916. The van der Waals surface area contributed by atoms with Gasteiger partial charge in [0.2, 0.25) is 0 Å². The van der Waals surface area contributed by atoms with Crippen LogP contribution in [0.2, 0.25) is 0 Å². The minimum absolute atomic E-state index is 0.00131. The van der Waals surface area contributed by atoms with E-state index in [9.17, 15) is 0 Å². The Bertz CT molecular complexity index is 353. The Hall–Kier alpha value is -1.75. The van der Waals surface area contributed by atoms with Gasteiger partial charge in [0.1, 0.15) is 11.6 Å². The molecule has 0 amide bonds. The molecule has 5 nitrogen and oxygen atoms in total. The largest absolute Gasteiger partial charge is 0.494 e. The Morgan fingerprint density at radius 3 is 2.94 bits per heavy atom. The predicted molar refractivity (Wildman–Crippen MR) is 60.5 cm³/mol. The van der Waals surface area contributed by atoms with Crippen molar-refractivity contribution in [2.75, 3.05) is 6.61 Å². The van der Waals surface area contributed by atoms with Crippen LogP contribution in [0.4, 0.5) is 0 Å². The summed E-state index contributed by atoms with van der Waals surface area (Å²) in [6.07, 6.45) is 1.18. The minimum atomic E-state index is 0.00131. The predicted octanol–water partition coefficient (Wildman–Crippen LogP) is 1.08. The van der Waals surface area contributed by atoms with Crippen molar-refractivity contribution in [2.24, 2.45) is 10.9 Å². The molecule has 0 unspecified atom stereocenters. The molecular weight excluding hydrogens is 208 g/mol. The van der Waals surface area contributed by atoms with Crippen LogP contribution < -0.4 is 10.5 Å². The summed E-state index contributed by atoms with van der Waals surface area (Å²) in [7, 11) is 0. The monoisotopic (exact) mass is 224 g/mol. The SMILES string of the molecule is NC(CCCOc1cccc(CO)c1)=NO. The maximum Gasteiger partial charge on any atom is 0.139 e. The van der Waals surface area contributed by atoms with Crippen LogP contribution in [0.15, 0.2) is 29.4 Å². The van der Waals surface area contributed by atoms with Gasteiger partial charge < -0.3 is 20.8 Å². The summed E-state index contributed by atoms with van der Waals surface area (Å²) in [5.41, 5.74) is 6.12. The fourth-order valence-corrected chi connectivity index (χ4v) is 1.23. The summed E-state index contributed by atoms with van der Waals surface area (Å²) in [6, 6.07) is 7.25. The van der Waals surface area contributed by atoms with Gasteiger partial charge in [-0.3, -0.25) is 0 Å². The molecule has 1 rings (SSSR count). The zero-order valence-corrected chi connectivity index (χ0v) is 8.97. The summed E-state index contributed by atoms with van der Waals surface area (Å²) in [5, 5.41) is 20.1. The molecule has 0 aromatic heterocycles. The normalized spacial score (nSPS) is 11.4.